The Bertz CT molecular complexity index is 936. The van der Waals surface area contributed by atoms with Crippen molar-refractivity contribution in [3.8, 4) is 0 Å². The number of hydrogen-bond acceptors (Lipinski definition) is 5. The van der Waals surface area contributed by atoms with Gasteiger partial charge in [0.2, 0.25) is 0 Å². The normalized spacial score (nSPS) is 15.0. The highest BCUT2D eigenvalue weighted by Crippen LogP contribution is 2.38. The van der Waals surface area contributed by atoms with E-state index < -0.39 is 11.4 Å². The van der Waals surface area contributed by atoms with Gasteiger partial charge in [-0.05, 0) is 50.3 Å². The van der Waals surface area contributed by atoms with E-state index in [0.29, 0.717) is 50.2 Å². The molecule has 0 aromatic heterocycles. The van der Waals surface area contributed by atoms with Crippen LogP contribution >= 0.6 is 0 Å². The topological polar surface area (TPSA) is 84.9 Å². The number of carbonyl (C=O) groups excluding carboxylic acids is 3. The molecule has 2 amide bonds. The molecule has 2 aromatic rings. The van der Waals surface area contributed by atoms with E-state index in [2.05, 4.69) is 17.4 Å². The highest BCUT2D eigenvalue weighted by molar-refractivity contribution is 6.00. The van der Waals surface area contributed by atoms with Gasteiger partial charge in [0.15, 0.2) is 0 Å². The van der Waals surface area contributed by atoms with Gasteiger partial charge in [-0.2, -0.15) is 0 Å². The quantitative estimate of drug-likeness (QED) is 0.652. The number of anilines is 1. The molecule has 1 saturated heterocycles. The second-order valence-electron chi connectivity index (χ2n) is 7.94. The van der Waals surface area contributed by atoms with E-state index in [0.717, 1.165) is 6.42 Å². The molecule has 0 unspecified atom stereocenters. The van der Waals surface area contributed by atoms with Crippen molar-refractivity contribution in [3.05, 3.63) is 65.7 Å². The van der Waals surface area contributed by atoms with Gasteiger partial charge >= 0.3 is 18.0 Å². The Morgan fingerprint density at radius 2 is 1.66 bits per heavy atom. The van der Waals surface area contributed by atoms with Crippen LogP contribution in [0.5, 0.6) is 0 Å². The Labute approximate surface area is 188 Å². The van der Waals surface area contributed by atoms with Crippen LogP contribution in [0.1, 0.15) is 42.1 Å². The van der Waals surface area contributed by atoms with Crippen molar-refractivity contribution in [2.75, 3.05) is 32.1 Å². The van der Waals surface area contributed by atoms with Crippen LogP contribution in [0.15, 0.2) is 54.6 Å². The maximum absolute atomic E-state index is 12.9. The van der Waals surface area contributed by atoms with Crippen molar-refractivity contribution in [1.82, 2.24) is 4.90 Å². The standard InChI is InChI=1S/C25H30N2O5/c1-3-32-23(29)25(14-13-19-9-5-4-6-10-19)15-17-27(18-16-25)24(30)26-21-12-8-7-11-20(21)22(28)31-2/h4-12H,3,13-18H2,1-2H3,(H,26,30). The third-order valence-corrected chi connectivity index (χ3v) is 6.03. The molecule has 0 aliphatic carbocycles. The van der Waals surface area contributed by atoms with E-state index in [1.807, 2.05) is 25.1 Å². The lowest BCUT2D eigenvalue weighted by atomic mass is 9.74. The Balaban J connectivity index is 1.66. The number of carbonyl (C=O) groups is 3. The first kappa shape index (κ1) is 23.3. The van der Waals surface area contributed by atoms with Gasteiger partial charge < -0.3 is 19.7 Å². The maximum Gasteiger partial charge on any atom is 0.339 e. The van der Waals surface area contributed by atoms with Crippen LogP contribution < -0.4 is 5.32 Å². The zero-order valence-electron chi connectivity index (χ0n) is 18.6. The molecule has 1 N–H and O–H groups in total. The van der Waals surface area contributed by atoms with Gasteiger partial charge in [-0.3, -0.25) is 4.79 Å². The molecule has 0 radical (unpaired) electrons. The summed E-state index contributed by atoms with van der Waals surface area (Å²) >= 11 is 0. The number of likely N-dealkylation sites (tertiary alicyclic amines) is 1. The van der Waals surface area contributed by atoms with Crippen LogP contribution in [-0.4, -0.2) is 49.7 Å². The number of urea groups is 1. The summed E-state index contributed by atoms with van der Waals surface area (Å²) in [6.45, 7) is 3.00. The maximum atomic E-state index is 12.9. The zero-order valence-corrected chi connectivity index (χ0v) is 18.6. The molecule has 0 saturated carbocycles. The van der Waals surface area contributed by atoms with Gasteiger partial charge in [0.05, 0.1) is 30.4 Å². The van der Waals surface area contributed by atoms with Crippen molar-refractivity contribution < 1.29 is 23.9 Å². The molecule has 0 atom stereocenters. The van der Waals surface area contributed by atoms with Crippen LogP contribution in [0.4, 0.5) is 10.5 Å². The lowest BCUT2D eigenvalue weighted by Gasteiger charge is -2.40. The molecule has 1 fully saturated rings. The number of ether oxygens (including phenoxy) is 2. The lowest BCUT2D eigenvalue weighted by molar-refractivity contribution is -0.158. The minimum atomic E-state index is -0.605. The predicted molar refractivity (Wildman–Crippen MR) is 121 cm³/mol. The summed E-state index contributed by atoms with van der Waals surface area (Å²) in [7, 11) is 1.30. The second kappa shape index (κ2) is 10.8. The lowest BCUT2D eigenvalue weighted by Crippen LogP contribution is -2.48. The molecular formula is C25H30N2O5. The van der Waals surface area contributed by atoms with Crippen molar-refractivity contribution >= 4 is 23.7 Å². The van der Waals surface area contributed by atoms with E-state index >= 15 is 0 Å². The van der Waals surface area contributed by atoms with E-state index in [1.54, 1.807) is 29.2 Å². The summed E-state index contributed by atoms with van der Waals surface area (Å²) in [6, 6.07) is 16.5. The smallest absolute Gasteiger partial charge is 0.339 e. The van der Waals surface area contributed by atoms with Gasteiger partial charge in [-0.15, -0.1) is 0 Å². The van der Waals surface area contributed by atoms with E-state index in [4.69, 9.17) is 9.47 Å². The molecule has 1 heterocycles. The molecule has 1 aliphatic heterocycles. The van der Waals surface area contributed by atoms with Crippen molar-refractivity contribution in [3.63, 3.8) is 0 Å². The Morgan fingerprint density at radius 1 is 1.00 bits per heavy atom. The molecule has 7 heteroatoms. The number of piperidine rings is 1. The minimum absolute atomic E-state index is 0.188. The number of rotatable bonds is 7. The highest BCUT2D eigenvalue weighted by atomic mass is 16.5. The van der Waals surface area contributed by atoms with Crippen LogP contribution in [0, 0.1) is 5.41 Å². The molecule has 32 heavy (non-hydrogen) atoms. The van der Waals surface area contributed by atoms with Crippen molar-refractivity contribution in [1.29, 1.82) is 0 Å². The molecule has 2 aromatic carbocycles. The number of amides is 2. The number of nitrogens with one attached hydrogen (secondary N) is 1. The van der Waals surface area contributed by atoms with Gasteiger partial charge in [0.25, 0.3) is 0 Å². The third kappa shape index (κ3) is 5.46. The largest absolute Gasteiger partial charge is 0.466 e. The number of hydrogen-bond donors (Lipinski definition) is 1. The van der Waals surface area contributed by atoms with Crippen LogP contribution in [-0.2, 0) is 20.7 Å². The molecule has 7 nitrogen and oxygen atoms in total. The van der Waals surface area contributed by atoms with E-state index in [-0.39, 0.29) is 12.0 Å². The number of nitrogens with zero attached hydrogens (tertiary/aromatic N) is 1. The Kier molecular flexibility index (Phi) is 7.87. The molecule has 170 valence electrons. The summed E-state index contributed by atoms with van der Waals surface area (Å²) < 4.78 is 10.2. The monoisotopic (exact) mass is 438 g/mol. The van der Waals surface area contributed by atoms with E-state index in [9.17, 15) is 14.4 Å². The second-order valence-corrected chi connectivity index (χ2v) is 7.94. The summed E-state index contributed by atoms with van der Waals surface area (Å²) in [6.07, 6.45) is 2.52. The van der Waals surface area contributed by atoms with Crippen LogP contribution in [0.2, 0.25) is 0 Å². The SMILES string of the molecule is CCOC(=O)C1(CCc2ccccc2)CCN(C(=O)Nc2ccccc2C(=O)OC)CC1. The molecule has 3 rings (SSSR count). The molecule has 0 bridgehead atoms. The Hall–Kier alpha value is -3.35. The summed E-state index contributed by atoms with van der Waals surface area (Å²) in [4.78, 5) is 39.4. The molecule has 1 aliphatic rings. The van der Waals surface area contributed by atoms with Gasteiger partial charge in [-0.25, -0.2) is 9.59 Å². The highest BCUT2D eigenvalue weighted by Gasteiger charge is 2.43. The van der Waals surface area contributed by atoms with Gasteiger partial charge in [-0.1, -0.05) is 42.5 Å². The number of aryl methyl sites for hydroxylation is 1. The minimum Gasteiger partial charge on any atom is -0.466 e. The Morgan fingerprint density at radius 3 is 2.31 bits per heavy atom. The number of benzene rings is 2. The third-order valence-electron chi connectivity index (χ3n) is 6.03. The van der Waals surface area contributed by atoms with Crippen molar-refractivity contribution in [2.24, 2.45) is 5.41 Å². The fourth-order valence-electron chi connectivity index (χ4n) is 4.08. The van der Waals surface area contributed by atoms with Crippen LogP contribution in [0.3, 0.4) is 0 Å². The van der Waals surface area contributed by atoms with Gasteiger partial charge in [0, 0.05) is 13.1 Å². The van der Waals surface area contributed by atoms with Crippen molar-refractivity contribution in [2.45, 2.75) is 32.6 Å². The summed E-state index contributed by atoms with van der Waals surface area (Å²) in [5.74, 6) is -0.700. The first-order valence-electron chi connectivity index (χ1n) is 10.9. The summed E-state index contributed by atoms with van der Waals surface area (Å²) in [5.41, 5.74) is 1.27. The average Bonchev–Trinajstić information content (AvgIpc) is 2.83. The molecular weight excluding hydrogens is 408 g/mol. The summed E-state index contributed by atoms with van der Waals surface area (Å²) in [5, 5.41) is 2.81. The average molecular weight is 439 g/mol. The van der Waals surface area contributed by atoms with Gasteiger partial charge in [0.1, 0.15) is 0 Å². The number of esters is 2. The predicted octanol–water partition coefficient (Wildman–Crippen LogP) is 4.28. The zero-order chi connectivity index (χ0) is 23.0. The van der Waals surface area contributed by atoms with E-state index in [1.165, 1.54) is 12.7 Å². The molecule has 0 spiro atoms. The number of para-hydroxylation sites is 1. The first-order chi connectivity index (χ1) is 15.5. The first-order valence-corrected chi connectivity index (χ1v) is 10.9. The number of methoxy groups -OCH3 is 1. The fourth-order valence-corrected chi connectivity index (χ4v) is 4.08. The van der Waals surface area contributed by atoms with Crippen LogP contribution in [0.25, 0.3) is 0 Å². The fraction of sp³-hybridized carbons (Fsp3) is 0.400.